The molecule has 0 bridgehead atoms. The molecule has 1 amide bonds. The van der Waals surface area contributed by atoms with Crippen LogP contribution >= 0.6 is 23.7 Å². The quantitative estimate of drug-likeness (QED) is 0.517. The summed E-state index contributed by atoms with van der Waals surface area (Å²) in [6.07, 6.45) is 4.71. The van der Waals surface area contributed by atoms with E-state index in [2.05, 4.69) is 10.6 Å². The van der Waals surface area contributed by atoms with E-state index in [0.29, 0.717) is 23.8 Å². The first-order valence-corrected chi connectivity index (χ1v) is 10.0. The SMILES string of the molecule is NSc1ccc(C(=O)NC2NC(C(=O)OCC3CCCC3)=CS2)cc1. The maximum Gasteiger partial charge on any atom is 0.355 e. The van der Waals surface area contributed by atoms with Crippen LogP contribution in [-0.4, -0.2) is 24.0 Å². The number of ether oxygens (including phenoxy) is 1. The van der Waals surface area contributed by atoms with Crippen molar-refractivity contribution < 1.29 is 14.3 Å². The third kappa shape index (κ3) is 4.93. The summed E-state index contributed by atoms with van der Waals surface area (Å²) < 4.78 is 5.36. The molecule has 134 valence electrons. The zero-order valence-corrected chi connectivity index (χ0v) is 15.3. The molecule has 1 aromatic carbocycles. The third-order valence-corrected chi connectivity index (χ3v) is 5.69. The summed E-state index contributed by atoms with van der Waals surface area (Å²) in [7, 11) is 0. The van der Waals surface area contributed by atoms with Gasteiger partial charge in [0.25, 0.3) is 5.91 Å². The molecule has 2 aliphatic rings. The van der Waals surface area contributed by atoms with Crippen LogP contribution in [0.15, 0.2) is 40.3 Å². The molecule has 1 aromatic rings. The van der Waals surface area contributed by atoms with E-state index in [4.69, 9.17) is 9.88 Å². The van der Waals surface area contributed by atoms with Crippen LogP contribution in [0.4, 0.5) is 0 Å². The molecule has 1 unspecified atom stereocenters. The molecular formula is C17H21N3O3S2. The van der Waals surface area contributed by atoms with E-state index in [1.165, 1.54) is 24.6 Å². The number of esters is 1. The summed E-state index contributed by atoms with van der Waals surface area (Å²) in [6, 6.07) is 7.01. The second-order valence-corrected chi connectivity index (χ2v) is 7.74. The summed E-state index contributed by atoms with van der Waals surface area (Å²) in [5, 5.41) is 13.0. The molecule has 3 rings (SSSR count). The minimum absolute atomic E-state index is 0.215. The second-order valence-electron chi connectivity index (χ2n) is 6.06. The first-order valence-electron chi connectivity index (χ1n) is 8.22. The van der Waals surface area contributed by atoms with Gasteiger partial charge in [0.2, 0.25) is 0 Å². The van der Waals surface area contributed by atoms with Gasteiger partial charge in [-0.2, -0.15) is 0 Å². The molecular weight excluding hydrogens is 358 g/mol. The van der Waals surface area contributed by atoms with Crippen LogP contribution in [0.25, 0.3) is 0 Å². The van der Waals surface area contributed by atoms with Gasteiger partial charge >= 0.3 is 5.97 Å². The van der Waals surface area contributed by atoms with Crippen LogP contribution in [0.2, 0.25) is 0 Å². The van der Waals surface area contributed by atoms with E-state index in [1.54, 1.807) is 29.7 Å². The average molecular weight is 380 g/mol. The first kappa shape index (κ1) is 18.2. The number of thioether (sulfide) groups is 1. The lowest BCUT2D eigenvalue weighted by Crippen LogP contribution is -2.41. The molecule has 0 radical (unpaired) electrons. The maximum absolute atomic E-state index is 12.2. The molecule has 1 fully saturated rings. The van der Waals surface area contributed by atoms with Gasteiger partial charge in [0.1, 0.15) is 5.70 Å². The molecule has 0 saturated heterocycles. The number of carbonyl (C=O) groups excluding carboxylic acids is 2. The Morgan fingerprint density at radius 3 is 2.68 bits per heavy atom. The van der Waals surface area contributed by atoms with Gasteiger partial charge in [0.05, 0.1) is 6.61 Å². The molecule has 0 spiro atoms. The van der Waals surface area contributed by atoms with E-state index in [0.717, 1.165) is 29.7 Å². The topological polar surface area (TPSA) is 93.5 Å². The average Bonchev–Trinajstić information content (AvgIpc) is 3.31. The molecule has 4 N–H and O–H groups in total. The Hall–Kier alpha value is -1.64. The minimum atomic E-state index is -0.384. The van der Waals surface area contributed by atoms with Crippen molar-refractivity contribution in [3.8, 4) is 0 Å². The van der Waals surface area contributed by atoms with Crippen LogP contribution in [-0.2, 0) is 9.53 Å². The lowest BCUT2D eigenvalue weighted by atomic mass is 10.1. The Morgan fingerprint density at radius 2 is 2.00 bits per heavy atom. The zero-order chi connectivity index (χ0) is 17.6. The van der Waals surface area contributed by atoms with Crippen molar-refractivity contribution >= 4 is 35.6 Å². The summed E-state index contributed by atoms with van der Waals surface area (Å²) in [5.41, 5.74) is 0.547. The molecule has 1 atom stereocenters. The van der Waals surface area contributed by atoms with Gasteiger partial charge < -0.3 is 15.4 Å². The van der Waals surface area contributed by atoms with Gasteiger partial charge in [-0.1, -0.05) is 24.6 Å². The van der Waals surface area contributed by atoms with Crippen LogP contribution in [0.5, 0.6) is 0 Å². The third-order valence-electron chi connectivity index (χ3n) is 4.27. The molecule has 1 aliphatic heterocycles. The first-order chi connectivity index (χ1) is 12.2. The van der Waals surface area contributed by atoms with Crippen molar-refractivity contribution in [2.45, 2.75) is 36.1 Å². The number of hydrogen-bond donors (Lipinski definition) is 3. The van der Waals surface area contributed by atoms with E-state index in [-0.39, 0.29) is 17.4 Å². The van der Waals surface area contributed by atoms with Crippen LogP contribution in [0.3, 0.4) is 0 Å². The minimum Gasteiger partial charge on any atom is -0.461 e. The fourth-order valence-corrected chi connectivity index (χ4v) is 3.96. The highest BCUT2D eigenvalue weighted by Crippen LogP contribution is 2.26. The zero-order valence-electron chi connectivity index (χ0n) is 13.7. The van der Waals surface area contributed by atoms with Crippen molar-refractivity contribution in [3.05, 3.63) is 40.9 Å². The van der Waals surface area contributed by atoms with Crippen molar-refractivity contribution in [1.29, 1.82) is 0 Å². The summed E-state index contributed by atoms with van der Waals surface area (Å²) >= 11 is 2.47. The molecule has 1 aliphatic carbocycles. The normalized spacial score (nSPS) is 20.0. The predicted molar refractivity (Wildman–Crippen MR) is 99.5 cm³/mol. The number of nitrogens with two attached hydrogens (primary N) is 1. The lowest BCUT2D eigenvalue weighted by molar-refractivity contribution is -0.140. The number of hydrogen-bond acceptors (Lipinski definition) is 7. The van der Waals surface area contributed by atoms with E-state index < -0.39 is 0 Å². The Bertz CT molecular complexity index is 658. The molecule has 1 heterocycles. The standard InChI is InChI=1S/C17H21N3O3S2/c18-25-13-7-5-12(6-8-13)15(21)20-17-19-14(10-24-17)16(22)23-9-11-3-1-2-4-11/h5-8,10-11,17,19H,1-4,9,18H2,(H,20,21). The van der Waals surface area contributed by atoms with E-state index in [1.807, 2.05) is 0 Å². The van der Waals surface area contributed by atoms with Crippen LogP contribution in [0, 0.1) is 5.92 Å². The van der Waals surface area contributed by atoms with Crippen molar-refractivity contribution in [2.24, 2.45) is 11.1 Å². The molecule has 8 heteroatoms. The van der Waals surface area contributed by atoms with Gasteiger partial charge in [-0.25, -0.2) is 4.79 Å². The molecule has 0 aromatic heterocycles. The highest BCUT2D eigenvalue weighted by Gasteiger charge is 2.25. The Morgan fingerprint density at radius 1 is 1.28 bits per heavy atom. The van der Waals surface area contributed by atoms with Gasteiger partial charge in [0, 0.05) is 15.9 Å². The lowest BCUT2D eigenvalue weighted by Gasteiger charge is -2.15. The maximum atomic E-state index is 12.2. The van der Waals surface area contributed by atoms with Gasteiger partial charge in [-0.05, 0) is 55.0 Å². The van der Waals surface area contributed by atoms with Gasteiger partial charge in [-0.3, -0.25) is 9.93 Å². The second kappa shape index (κ2) is 8.64. The number of nitrogens with one attached hydrogen (secondary N) is 2. The van der Waals surface area contributed by atoms with E-state index >= 15 is 0 Å². The van der Waals surface area contributed by atoms with Gasteiger partial charge in [-0.15, -0.1) is 0 Å². The Kier molecular flexibility index (Phi) is 6.28. The highest BCUT2D eigenvalue weighted by molar-refractivity contribution is 8.03. The fourth-order valence-electron chi connectivity index (χ4n) is 2.86. The summed E-state index contributed by atoms with van der Waals surface area (Å²) in [5.74, 6) is -0.0863. The number of amides is 1. The Balaban J connectivity index is 1.44. The molecule has 1 saturated carbocycles. The Labute approximate surface area is 155 Å². The highest BCUT2D eigenvalue weighted by atomic mass is 32.2. The largest absolute Gasteiger partial charge is 0.461 e. The molecule has 25 heavy (non-hydrogen) atoms. The van der Waals surface area contributed by atoms with Crippen molar-refractivity contribution in [1.82, 2.24) is 10.6 Å². The summed E-state index contributed by atoms with van der Waals surface area (Å²) in [6.45, 7) is 0.477. The number of benzene rings is 1. The number of rotatable bonds is 6. The predicted octanol–water partition coefficient (Wildman–Crippen LogP) is 2.58. The fraction of sp³-hybridized carbons (Fsp3) is 0.412. The van der Waals surface area contributed by atoms with Gasteiger partial charge in [0.15, 0.2) is 5.50 Å². The van der Waals surface area contributed by atoms with Crippen molar-refractivity contribution in [2.75, 3.05) is 6.61 Å². The van der Waals surface area contributed by atoms with Crippen LogP contribution < -0.4 is 15.8 Å². The van der Waals surface area contributed by atoms with Crippen molar-refractivity contribution in [3.63, 3.8) is 0 Å². The van der Waals surface area contributed by atoms with Crippen LogP contribution in [0.1, 0.15) is 36.0 Å². The number of carbonyl (C=O) groups is 2. The van der Waals surface area contributed by atoms with E-state index in [9.17, 15) is 9.59 Å². The molecule has 6 nitrogen and oxygen atoms in total. The smallest absolute Gasteiger partial charge is 0.355 e. The monoisotopic (exact) mass is 379 g/mol. The summed E-state index contributed by atoms with van der Waals surface area (Å²) in [4.78, 5) is 25.2.